The lowest BCUT2D eigenvalue weighted by Gasteiger charge is -2.23. The molecule has 3 aromatic rings. The van der Waals surface area contributed by atoms with Crippen molar-refractivity contribution in [2.75, 3.05) is 29.1 Å². The van der Waals surface area contributed by atoms with Gasteiger partial charge < -0.3 is 20.9 Å². The molecule has 1 aliphatic carbocycles. The van der Waals surface area contributed by atoms with Crippen LogP contribution >= 0.6 is 11.6 Å². The third-order valence-corrected chi connectivity index (χ3v) is 6.78. The second kappa shape index (κ2) is 12.4. The van der Waals surface area contributed by atoms with E-state index in [1.165, 1.54) is 6.42 Å². The number of nitrogens with zero attached hydrogens (tertiary/aromatic N) is 1. The molecule has 0 saturated heterocycles. The Bertz CT molecular complexity index is 1260. The molecule has 0 spiro atoms. The first-order valence-corrected chi connectivity index (χ1v) is 12.9. The van der Waals surface area contributed by atoms with Crippen molar-refractivity contribution in [2.45, 2.75) is 38.1 Å². The number of para-hydroxylation sites is 1. The molecule has 4 rings (SSSR count). The predicted molar refractivity (Wildman–Crippen MR) is 149 cm³/mol. The van der Waals surface area contributed by atoms with Crippen molar-refractivity contribution in [1.29, 1.82) is 0 Å². The molecule has 1 saturated carbocycles. The highest BCUT2D eigenvalue weighted by atomic mass is 35.5. The maximum Gasteiger partial charge on any atom is 0.258 e. The summed E-state index contributed by atoms with van der Waals surface area (Å²) >= 11 is 6.28. The molecule has 0 radical (unpaired) electrons. The molecule has 0 unspecified atom stereocenters. The quantitative estimate of drug-likeness (QED) is 0.355. The van der Waals surface area contributed by atoms with Gasteiger partial charge in [0, 0.05) is 35.7 Å². The van der Waals surface area contributed by atoms with Crippen LogP contribution in [0.3, 0.4) is 0 Å². The number of nitrogens with one attached hydrogen (secondary N) is 3. The molecule has 1 fully saturated rings. The first-order valence-electron chi connectivity index (χ1n) is 12.5. The van der Waals surface area contributed by atoms with Crippen molar-refractivity contribution >= 4 is 46.4 Å². The monoisotopic (exact) mass is 518 g/mol. The molecule has 0 aliphatic heterocycles. The molecule has 8 heteroatoms. The summed E-state index contributed by atoms with van der Waals surface area (Å²) in [5.74, 6) is -0.670. The lowest BCUT2D eigenvalue weighted by Crippen LogP contribution is -2.36. The van der Waals surface area contributed by atoms with E-state index in [1.807, 2.05) is 30.3 Å². The van der Waals surface area contributed by atoms with Crippen LogP contribution in [0, 0.1) is 0 Å². The summed E-state index contributed by atoms with van der Waals surface area (Å²) < 4.78 is 0. The van der Waals surface area contributed by atoms with Crippen LogP contribution in [0.4, 0.5) is 17.1 Å². The minimum Gasteiger partial charge on any atom is -0.376 e. The molecule has 0 bridgehead atoms. The summed E-state index contributed by atoms with van der Waals surface area (Å²) in [6.45, 7) is -0.0204. The van der Waals surface area contributed by atoms with E-state index in [-0.39, 0.29) is 30.3 Å². The summed E-state index contributed by atoms with van der Waals surface area (Å²) in [4.78, 5) is 39.8. The van der Waals surface area contributed by atoms with Gasteiger partial charge in [-0.05, 0) is 61.4 Å². The van der Waals surface area contributed by atoms with E-state index in [2.05, 4.69) is 16.0 Å². The average Bonchev–Trinajstić information content (AvgIpc) is 2.93. The number of anilines is 3. The van der Waals surface area contributed by atoms with Crippen LogP contribution in [0.2, 0.25) is 5.02 Å². The zero-order valence-electron chi connectivity index (χ0n) is 20.8. The molecule has 37 heavy (non-hydrogen) atoms. The minimum absolute atomic E-state index is 0.0204. The fraction of sp³-hybridized carbons (Fsp3) is 0.276. The zero-order chi connectivity index (χ0) is 26.2. The van der Waals surface area contributed by atoms with Gasteiger partial charge in [-0.15, -0.1) is 0 Å². The lowest BCUT2D eigenvalue weighted by atomic mass is 9.95. The lowest BCUT2D eigenvalue weighted by molar-refractivity contribution is -0.114. The normalized spacial score (nSPS) is 13.5. The van der Waals surface area contributed by atoms with Gasteiger partial charge in [-0.25, -0.2) is 0 Å². The standard InChI is InChI=1S/C29H31ClN4O3/c1-34(24-13-6-3-7-14-24)29(37)20-9-8-12-23(17-20)32-27(35)19-31-22-15-16-26(30)25(18-22)28(36)33-21-10-4-2-5-11-21/h3,6-9,12-18,21,31H,2,4-5,10-11,19H2,1H3,(H,32,35)(H,33,36). The Balaban J connectivity index is 1.34. The van der Waals surface area contributed by atoms with Crippen molar-refractivity contribution in [1.82, 2.24) is 5.32 Å². The van der Waals surface area contributed by atoms with Gasteiger partial charge in [0.15, 0.2) is 0 Å². The molecule has 0 heterocycles. The second-order valence-corrected chi connectivity index (χ2v) is 9.59. The van der Waals surface area contributed by atoms with Crippen LogP contribution in [-0.2, 0) is 4.79 Å². The number of carbonyl (C=O) groups is 3. The molecule has 0 atom stereocenters. The van der Waals surface area contributed by atoms with Crippen molar-refractivity contribution in [2.24, 2.45) is 0 Å². The van der Waals surface area contributed by atoms with Gasteiger partial charge in [0.1, 0.15) is 0 Å². The van der Waals surface area contributed by atoms with Gasteiger partial charge in [-0.3, -0.25) is 14.4 Å². The second-order valence-electron chi connectivity index (χ2n) is 9.19. The van der Waals surface area contributed by atoms with Gasteiger partial charge in [0.05, 0.1) is 17.1 Å². The molecule has 192 valence electrons. The van der Waals surface area contributed by atoms with Crippen LogP contribution in [-0.4, -0.2) is 37.4 Å². The third kappa shape index (κ3) is 7.11. The number of amides is 3. The Morgan fingerprint density at radius 3 is 2.41 bits per heavy atom. The smallest absolute Gasteiger partial charge is 0.258 e. The number of benzene rings is 3. The van der Waals surface area contributed by atoms with Crippen LogP contribution in [0.5, 0.6) is 0 Å². The molecule has 7 nitrogen and oxygen atoms in total. The first-order chi connectivity index (χ1) is 17.9. The largest absolute Gasteiger partial charge is 0.376 e. The van der Waals surface area contributed by atoms with Crippen LogP contribution in [0.1, 0.15) is 52.8 Å². The summed E-state index contributed by atoms with van der Waals surface area (Å²) in [7, 11) is 1.71. The maximum atomic E-state index is 12.9. The first kappa shape index (κ1) is 26.2. The van der Waals surface area contributed by atoms with Gasteiger partial charge >= 0.3 is 0 Å². The molecular formula is C29H31ClN4O3. The summed E-state index contributed by atoms with van der Waals surface area (Å²) in [5, 5.41) is 9.29. The summed E-state index contributed by atoms with van der Waals surface area (Å²) in [6, 6.07) is 21.4. The van der Waals surface area contributed by atoms with Crippen molar-refractivity contribution in [3.8, 4) is 0 Å². The van der Waals surface area contributed by atoms with Gasteiger partial charge in [0.2, 0.25) is 5.91 Å². The Morgan fingerprint density at radius 2 is 1.65 bits per heavy atom. The number of halogens is 1. The molecule has 3 aromatic carbocycles. The number of hydrogen-bond acceptors (Lipinski definition) is 4. The van der Waals surface area contributed by atoms with E-state index in [9.17, 15) is 14.4 Å². The Kier molecular flexibility index (Phi) is 8.80. The van der Waals surface area contributed by atoms with Crippen molar-refractivity contribution in [3.63, 3.8) is 0 Å². The van der Waals surface area contributed by atoms with Gasteiger partial charge in [-0.1, -0.05) is 55.1 Å². The molecule has 3 amide bonds. The summed E-state index contributed by atoms with van der Waals surface area (Å²) in [6.07, 6.45) is 5.42. The van der Waals surface area contributed by atoms with E-state index in [4.69, 9.17) is 11.6 Å². The molecule has 0 aromatic heterocycles. The number of hydrogen-bond donors (Lipinski definition) is 3. The van der Waals surface area contributed by atoms with E-state index in [0.717, 1.165) is 31.4 Å². The van der Waals surface area contributed by atoms with E-state index in [0.29, 0.717) is 27.5 Å². The summed E-state index contributed by atoms with van der Waals surface area (Å²) in [5.41, 5.74) is 2.75. The van der Waals surface area contributed by atoms with Crippen molar-refractivity contribution in [3.05, 3.63) is 88.9 Å². The van der Waals surface area contributed by atoms with Crippen LogP contribution in [0.25, 0.3) is 0 Å². The Hall–Kier alpha value is -3.84. The average molecular weight is 519 g/mol. The van der Waals surface area contributed by atoms with E-state index < -0.39 is 0 Å². The maximum absolute atomic E-state index is 12.9. The number of rotatable bonds is 8. The van der Waals surface area contributed by atoms with Crippen molar-refractivity contribution < 1.29 is 14.4 Å². The van der Waals surface area contributed by atoms with E-state index >= 15 is 0 Å². The highest BCUT2D eigenvalue weighted by Gasteiger charge is 2.19. The Labute approximate surface area is 222 Å². The Morgan fingerprint density at radius 1 is 0.892 bits per heavy atom. The SMILES string of the molecule is CN(C(=O)c1cccc(NC(=O)CNc2ccc(Cl)c(C(=O)NC3CCCCC3)c2)c1)c1ccccc1. The highest BCUT2D eigenvalue weighted by Crippen LogP contribution is 2.23. The van der Waals surface area contributed by atoms with Crippen LogP contribution in [0.15, 0.2) is 72.8 Å². The van der Waals surface area contributed by atoms with E-state index in [1.54, 1.807) is 54.4 Å². The highest BCUT2D eigenvalue weighted by molar-refractivity contribution is 6.34. The predicted octanol–water partition coefficient (Wildman–Crippen LogP) is 5.73. The fourth-order valence-corrected chi connectivity index (χ4v) is 4.60. The molecular weight excluding hydrogens is 488 g/mol. The zero-order valence-corrected chi connectivity index (χ0v) is 21.6. The van der Waals surface area contributed by atoms with Crippen LogP contribution < -0.4 is 20.9 Å². The fourth-order valence-electron chi connectivity index (χ4n) is 4.40. The minimum atomic E-state index is -0.288. The molecule has 3 N–H and O–H groups in total. The third-order valence-electron chi connectivity index (χ3n) is 6.45. The van der Waals surface area contributed by atoms with Gasteiger partial charge in [0.25, 0.3) is 11.8 Å². The van der Waals surface area contributed by atoms with Gasteiger partial charge in [-0.2, -0.15) is 0 Å². The topological polar surface area (TPSA) is 90.5 Å². The number of carbonyl (C=O) groups excluding carboxylic acids is 3. The molecule has 1 aliphatic rings.